The fraction of sp³-hybridized carbons (Fsp3) is 0. The van der Waals surface area contributed by atoms with Crippen molar-refractivity contribution in [3.8, 4) is 16.9 Å². The van der Waals surface area contributed by atoms with Crippen LogP contribution in [0, 0.1) is 0 Å². The Labute approximate surface area is 131 Å². The van der Waals surface area contributed by atoms with Crippen molar-refractivity contribution in [3.63, 3.8) is 0 Å². The van der Waals surface area contributed by atoms with Crippen LogP contribution in [0.5, 0.6) is 0 Å². The van der Waals surface area contributed by atoms with Crippen LogP contribution >= 0.6 is 23.2 Å². The van der Waals surface area contributed by atoms with Crippen LogP contribution in [-0.2, 0) is 0 Å². The van der Waals surface area contributed by atoms with Crippen LogP contribution in [0.3, 0.4) is 0 Å². The first-order valence-corrected chi connectivity index (χ1v) is 7.00. The average molecular weight is 317 g/mol. The monoisotopic (exact) mass is 316 g/mol. The van der Waals surface area contributed by atoms with Crippen LogP contribution < -0.4 is 0 Å². The van der Waals surface area contributed by atoms with E-state index in [1.165, 1.54) is 6.20 Å². The molecule has 0 saturated heterocycles. The normalized spacial score (nSPS) is 10.6. The van der Waals surface area contributed by atoms with Gasteiger partial charge in [0.1, 0.15) is 0 Å². The first kappa shape index (κ1) is 13.9. The van der Waals surface area contributed by atoms with Crippen molar-refractivity contribution >= 4 is 29.5 Å². The van der Waals surface area contributed by atoms with Crippen molar-refractivity contribution in [1.82, 2.24) is 9.78 Å². The maximum absolute atomic E-state index is 11.3. The molecule has 3 aromatic rings. The van der Waals surface area contributed by atoms with Crippen LogP contribution in [0.2, 0.25) is 10.0 Å². The third kappa shape index (κ3) is 2.58. The third-order valence-electron chi connectivity index (χ3n) is 3.11. The smallest absolute Gasteiger partial charge is 0.153 e. The Kier molecular flexibility index (Phi) is 3.78. The number of carbonyl (C=O) groups excluding carboxylic acids is 1. The predicted octanol–water partition coefficient (Wildman–Crippen LogP) is 4.66. The molecule has 0 unspecified atom stereocenters. The molecule has 2 aromatic carbocycles. The van der Waals surface area contributed by atoms with Crippen molar-refractivity contribution < 1.29 is 4.79 Å². The molecule has 0 N–H and O–H groups in total. The van der Waals surface area contributed by atoms with Crippen LogP contribution in [0.4, 0.5) is 0 Å². The van der Waals surface area contributed by atoms with E-state index in [0.29, 0.717) is 27.0 Å². The summed E-state index contributed by atoms with van der Waals surface area (Å²) < 4.78 is 1.65. The molecule has 104 valence electrons. The highest BCUT2D eigenvalue weighted by Crippen LogP contribution is 2.30. The van der Waals surface area contributed by atoms with Gasteiger partial charge >= 0.3 is 0 Å². The maximum Gasteiger partial charge on any atom is 0.153 e. The largest absolute Gasteiger partial charge is 0.298 e. The molecule has 1 aromatic heterocycles. The summed E-state index contributed by atoms with van der Waals surface area (Å²) in [6.45, 7) is 0. The van der Waals surface area contributed by atoms with Gasteiger partial charge in [-0.3, -0.25) is 4.79 Å². The second kappa shape index (κ2) is 5.72. The quantitative estimate of drug-likeness (QED) is 0.659. The van der Waals surface area contributed by atoms with Crippen molar-refractivity contribution in [1.29, 1.82) is 0 Å². The van der Waals surface area contributed by atoms with E-state index in [-0.39, 0.29) is 0 Å². The number of aromatic nitrogens is 2. The standard InChI is InChI=1S/C16H10Cl2N2O/c17-13-6-7-15(14(18)8-13)20-16(12(10-21)9-19-20)11-4-2-1-3-5-11/h1-10H. The SMILES string of the molecule is O=Cc1cnn(-c2ccc(Cl)cc2Cl)c1-c1ccccc1. The molecule has 0 bridgehead atoms. The van der Waals surface area contributed by atoms with Gasteiger partial charge in [0.25, 0.3) is 0 Å². The number of nitrogens with zero attached hydrogens (tertiary/aromatic N) is 2. The Balaban J connectivity index is 2.25. The molecule has 0 amide bonds. The molecule has 0 saturated carbocycles. The second-order valence-corrected chi connectivity index (χ2v) is 5.28. The minimum atomic E-state index is 0.472. The topological polar surface area (TPSA) is 34.9 Å². The van der Waals surface area contributed by atoms with Crippen molar-refractivity contribution in [2.24, 2.45) is 0 Å². The highest BCUT2D eigenvalue weighted by atomic mass is 35.5. The summed E-state index contributed by atoms with van der Waals surface area (Å²) in [6, 6.07) is 14.7. The van der Waals surface area contributed by atoms with Crippen molar-refractivity contribution in [2.45, 2.75) is 0 Å². The molecule has 0 spiro atoms. The predicted molar refractivity (Wildman–Crippen MR) is 84.4 cm³/mol. The summed E-state index contributed by atoms with van der Waals surface area (Å²) in [5.74, 6) is 0. The Bertz CT molecular complexity index is 797. The van der Waals surface area contributed by atoms with E-state index < -0.39 is 0 Å². The fourth-order valence-corrected chi connectivity index (χ4v) is 2.66. The van der Waals surface area contributed by atoms with Crippen LogP contribution in [0.25, 0.3) is 16.9 Å². The zero-order chi connectivity index (χ0) is 14.8. The Morgan fingerprint density at radius 2 is 1.81 bits per heavy atom. The zero-order valence-electron chi connectivity index (χ0n) is 10.8. The van der Waals surface area contributed by atoms with E-state index in [4.69, 9.17) is 23.2 Å². The van der Waals surface area contributed by atoms with Gasteiger partial charge in [-0.05, 0) is 18.2 Å². The summed E-state index contributed by atoms with van der Waals surface area (Å²) in [7, 11) is 0. The number of hydrogen-bond acceptors (Lipinski definition) is 2. The number of rotatable bonds is 3. The lowest BCUT2D eigenvalue weighted by atomic mass is 10.1. The fourth-order valence-electron chi connectivity index (χ4n) is 2.17. The summed E-state index contributed by atoms with van der Waals surface area (Å²) in [5, 5.41) is 5.30. The van der Waals surface area contributed by atoms with Gasteiger partial charge in [-0.1, -0.05) is 53.5 Å². The van der Waals surface area contributed by atoms with E-state index in [2.05, 4.69) is 5.10 Å². The van der Waals surface area contributed by atoms with Crippen LogP contribution in [0.1, 0.15) is 10.4 Å². The third-order valence-corrected chi connectivity index (χ3v) is 3.65. The number of carbonyl (C=O) groups is 1. The molecular formula is C16H10Cl2N2O. The lowest BCUT2D eigenvalue weighted by Crippen LogP contribution is -2.00. The first-order valence-electron chi connectivity index (χ1n) is 6.25. The van der Waals surface area contributed by atoms with Gasteiger partial charge in [0.2, 0.25) is 0 Å². The van der Waals surface area contributed by atoms with Gasteiger partial charge in [-0.15, -0.1) is 0 Å². The van der Waals surface area contributed by atoms with Gasteiger partial charge in [0.05, 0.1) is 28.2 Å². The molecule has 0 radical (unpaired) electrons. The van der Waals surface area contributed by atoms with Crippen molar-refractivity contribution in [2.75, 3.05) is 0 Å². The Morgan fingerprint density at radius 1 is 1.05 bits per heavy atom. The maximum atomic E-state index is 11.3. The molecular weight excluding hydrogens is 307 g/mol. The van der Waals surface area contributed by atoms with Gasteiger partial charge in [0.15, 0.2) is 6.29 Å². The first-order chi connectivity index (χ1) is 10.2. The summed E-state index contributed by atoms with van der Waals surface area (Å²) >= 11 is 12.2. The molecule has 5 heteroatoms. The van der Waals surface area contributed by atoms with Crippen molar-refractivity contribution in [3.05, 3.63) is 70.3 Å². The van der Waals surface area contributed by atoms with Crippen LogP contribution in [-0.4, -0.2) is 16.1 Å². The zero-order valence-corrected chi connectivity index (χ0v) is 12.3. The lowest BCUT2D eigenvalue weighted by Gasteiger charge is -2.10. The number of benzene rings is 2. The van der Waals surface area contributed by atoms with E-state index in [0.717, 1.165) is 11.8 Å². The summed E-state index contributed by atoms with van der Waals surface area (Å²) in [6.07, 6.45) is 2.32. The molecule has 21 heavy (non-hydrogen) atoms. The van der Waals surface area contributed by atoms with Crippen LogP contribution in [0.15, 0.2) is 54.7 Å². The summed E-state index contributed by atoms with van der Waals surface area (Å²) in [5.41, 5.74) is 2.78. The molecule has 3 rings (SSSR count). The highest BCUT2D eigenvalue weighted by Gasteiger charge is 2.15. The lowest BCUT2D eigenvalue weighted by molar-refractivity contribution is 0.112. The molecule has 3 nitrogen and oxygen atoms in total. The average Bonchev–Trinajstić information content (AvgIpc) is 2.92. The number of aldehydes is 1. The Hall–Kier alpha value is -2.10. The molecule has 0 aliphatic rings. The van der Waals surface area contributed by atoms with E-state index >= 15 is 0 Å². The molecule has 0 fully saturated rings. The number of hydrogen-bond donors (Lipinski definition) is 0. The molecule has 0 aliphatic carbocycles. The second-order valence-electron chi connectivity index (χ2n) is 4.44. The Morgan fingerprint density at radius 3 is 2.48 bits per heavy atom. The van der Waals surface area contributed by atoms with E-state index in [1.54, 1.807) is 22.9 Å². The number of halogens is 2. The van der Waals surface area contributed by atoms with E-state index in [1.807, 2.05) is 30.3 Å². The highest BCUT2D eigenvalue weighted by molar-refractivity contribution is 6.35. The minimum Gasteiger partial charge on any atom is -0.298 e. The van der Waals surface area contributed by atoms with E-state index in [9.17, 15) is 4.79 Å². The minimum absolute atomic E-state index is 0.472. The van der Waals surface area contributed by atoms with Gasteiger partial charge < -0.3 is 0 Å². The van der Waals surface area contributed by atoms with Gasteiger partial charge in [0, 0.05) is 10.6 Å². The molecule has 0 aliphatic heterocycles. The molecule has 1 heterocycles. The summed E-state index contributed by atoms with van der Waals surface area (Å²) in [4.78, 5) is 11.3. The van der Waals surface area contributed by atoms with Gasteiger partial charge in [-0.25, -0.2) is 4.68 Å². The molecule has 0 atom stereocenters. The van der Waals surface area contributed by atoms with Gasteiger partial charge in [-0.2, -0.15) is 5.10 Å².